The molecular weight excluding hydrogens is 741 g/mol. The first kappa shape index (κ1) is 34.5. The monoisotopic (exact) mass is 772 g/mol. The number of pyridine rings is 1. The van der Waals surface area contributed by atoms with Crippen LogP contribution in [-0.4, -0.2) is 31.4 Å². The number of para-hydroxylation sites is 1. The van der Waals surface area contributed by atoms with E-state index in [2.05, 4.69) is 66.7 Å². The van der Waals surface area contributed by atoms with Crippen LogP contribution in [0.4, 0.5) is 0 Å². The molecule has 0 aliphatic heterocycles. The molecule has 2 N–H and O–H groups in total. The number of hydrogen-bond donors (Lipinski definition) is 2. The molecule has 0 spiro atoms. The molecule has 0 bridgehead atoms. The van der Waals surface area contributed by atoms with Crippen LogP contribution in [0.1, 0.15) is 16.7 Å². The van der Waals surface area contributed by atoms with Crippen molar-refractivity contribution in [2.24, 2.45) is 0 Å². The average molecular weight is 773 g/mol. The molecular formula is C52H32N6S. The van der Waals surface area contributed by atoms with Gasteiger partial charge in [-0.1, -0.05) is 164 Å². The van der Waals surface area contributed by atoms with E-state index in [-0.39, 0.29) is 11.4 Å². The lowest BCUT2D eigenvalue weighted by atomic mass is 9.82. The van der Waals surface area contributed by atoms with Crippen LogP contribution in [0.25, 0.3) is 99.3 Å². The first-order valence-electron chi connectivity index (χ1n) is 19.4. The van der Waals surface area contributed by atoms with E-state index >= 15 is 0 Å². The summed E-state index contributed by atoms with van der Waals surface area (Å²) in [7, 11) is 0. The summed E-state index contributed by atoms with van der Waals surface area (Å²) in [5.74, 6) is 1.72. The lowest BCUT2D eigenvalue weighted by molar-refractivity contribution is 1.07. The maximum absolute atomic E-state index is 9.29. The Bertz CT molecular complexity index is 3330. The molecule has 10 aromatic rings. The maximum Gasteiger partial charge on any atom is 0.164 e. The van der Waals surface area contributed by atoms with Gasteiger partial charge in [0.05, 0.1) is 22.6 Å². The van der Waals surface area contributed by atoms with E-state index in [9.17, 15) is 10.8 Å². The zero-order chi connectivity index (χ0) is 39.5. The van der Waals surface area contributed by atoms with Crippen LogP contribution in [0, 0.1) is 10.8 Å². The quantitative estimate of drug-likeness (QED) is 0.176. The summed E-state index contributed by atoms with van der Waals surface area (Å²) in [6, 6.07) is 59.5. The Hall–Kier alpha value is -7.74. The van der Waals surface area contributed by atoms with E-state index < -0.39 is 0 Å². The Labute approximate surface area is 343 Å². The van der Waals surface area contributed by atoms with Gasteiger partial charge in [0.2, 0.25) is 0 Å². The summed E-state index contributed by atoms with van der Waals surface area (Å²) in [5, 5.41) is 21.9. The molecule has 0 unspecified atom stereocenters. The third-order valence-corrected chi connectivity index (χ3v) is 12.2. The van der Waals surface area contributed by atoms with Gasteiger partial charge in [-0.25, -0.2) is 19.9 Å². The topological polar surface area (TPSA) is 99.3 Å². The third-order valence-electron chi connectivity index (χ3n) is 11.0. The summed E-state index contributed by atoms with van der Waals surface area (Å²) in [5.41, 5.74) is 10.9. The van der Waals surface area contributed by atoms with Gasteiger partial charge in [0, 0.05) is 64.5 Å². The minimum absolute atomic E-state index is 0.168. The molecule has 6 nitrogen and oxygen atoms in total. The normalized spacial score (nSPS) is 12.6. The molecule has 3 heterocycles. The highest BCUT2D eigenvalue weighted by Gasteiger charge is 2.28. The van der Waals surface area contributed by atoms with Crippen LogP contribution < -0.4 is 0 Å². The summed E-state index contributed by atoms with van der Waals surface area (Å²) in [4.78, 5) is 20.1. The number of hydrogen-bond acceptors (Lipinski definition) is 7. The summed E-state index contributed by atoms with van der Waals surface area (Å²) in [6.07, 6.45) is 2.02. The van der Waals surface area contributed by atoms with Crippen LogP contribution in [0.2, 0.25) is 0 Å². The van der Waals surface area contributed by atoms with E-state index in [1.165, 1.54) is 25.7 Å². The highest BCUT2D eigenvalue weighted by atomic mass is 32.1. The lowest BCUT2D eigenvalue weighted by Crippen LogP contribution is -2.21. The third kappa shape index (κ3) is 5.95. The zero-order valence-corrected chi connectivity index (χ0v) is 32.3. The van der Waals surface area contributed by atoms with E-state index in [4.69, 9.17) is 19.9 Å². The number of nitrogens with one attached hydrogen (secondary N) is 2. The summed E-state index contributed by atoms with van der Waals surface area (Å²) >= 11 is 1.83. The Morgan fingerprint density at radius 1 is 0.390 bits per heavy atom. The van der Waals surface area contributed by atoms with Crippen molar-refractivity contribution < 1.29 is 0 Å². The van der Waals surface area contributed by atoms with Gasteiger partial charge in [0.25, 0.3) is 0 Å². The highest BCUT2D eigenvalue weighted by molar-refractivity contribution is 7.26. The second-order valence-electron chi connectivity index (χ2n) is 14.5. The standard InChI is InChI=1S/C52H32N6S/c53-46-41(30-42-45(47(46)54)40-17-7-9-20-43(40)55-48(42)33-12-3-1-4-13-33)32-24-28-36(29-25-32)52-57-50(34-14-5-2-6-15-34)56-51(58-52)35-26-22-31(23-27-35)37-18-11-19-39-38-16-8-10-21-44(38)59-49(37)39/h1-30,53-54H. The van der Waals surface area contributed by atoms with Gasteiger partial charge in [-0.3, -0.25) is 10.8 Å². The van der Waals surface area contributed by atoms with Gasteiger partial charge in [-0.05, 0) is 34.9 Å². The first-order chi connectivity index (χ1) is 29.1. The molecule has 11 rings (SSSR count). The van der Waals surface area contributed by atoms with Crippen molar-refractivity contribution in [3.63, 3.8) is 0 Å². The number of fused-ring (bicyclic) bond motifs is 6. The van der Waals surface area contributed by atoms with Crippen molar-refractivity contribution in [1.82, 2.24) is 19.9 Å². The highest BCUT2D eigenvalue weighted by Crippen LogP contribution is 2.41. The van der Waals surface area contributed by atoms with Crippen LogP contribution >= 0.6 is 11.3 Å². The van der Waals surface area contributed by atoms with Crippen molar-refractivity contribution in [3.05, 3.63) is 193 Å². The van der Waals surface area contributed by atoms with Crippen molar-refractivity contribution in [1.29, 1.82) is 10.8 Å². The second-order valence-corrected chi connectivity index (χ2v) is 15.6. The van der Waals surface area contributed by atoms with Crippen LogP contribution in [0.15, 0.2) is 176 Å². The average Bonchev–Trinajstić information content (AvgIpc) is 3.69. The summed E-state index contributed by atoms with van der Waals surface area (Å²) in [6.45, 7) is 0. The molecule has 7 aromatic carbocycles. The number of allylic oxidation sites excluding steroid dienone is 1. The van der Waals surface area contributed by atoms with Crippen molar-refractivity contribution in [3.8, 4) is 56.5 Å². The van der Waals surface area contributed by atoms with Gasteiger partial charge in [-0.2, -0.15) is 0 Å². The molecule has 0 fully saturated rings. The maximum atomic E-state index is 9.29. The fraction of sp³-hybridized carbons (Fsp3) is 0. The van der Waals surface area contributed by atoms with Gasteiger partial charge in [0.15, 0.2) is 17.5 Å². The van der Waals surface area contributed by atoms with Crippen molar-refractivity contribution in [2.75, 3.05) is 0 Å². The molecule has 59 heavy (non-hydrogen) atoms. The van der Waals surface area contributed by atoms with Crippen LogP contribution in [0.3, 0.4) is 0 Å². The van der Waals surface area contributed by atoms with Crippen LogP contribution in [0.5, 0.6) is 0 Å². The van der Waals surface area contributed by atoms with E-state index in [1.807, 2.05) is 127 Å². The zero-order valence-electron chi connectivity index (χ0n) is 31.5. The molecule has 276 valence electrons. The number of aromatic nitrogens is 4. The minimum Gasteiger partial charge on any atom is -0.298 e. The first-order valence-corrected chi connectivity index (χ1v) is 20.2. The predicted octanol–water partition coefficient (Wildman–Crippen LogP) is 13.1. The van der Waals surface area contributed by atoms with Gasteiger partial charge in [-0.15, -0.1) is 11.3 Å². The molecule has 1 aliphatic rings. The van der Waals surface area contributed by atoms with E-state index in [0.29, 0.717) is 23.0 Å². The van der Waals surface area contributed by atoms with Crippen molar-refractivity contribution in [2.45, 2.75) is 0 Å². The number of thiophene rings is 1. The number of rotatable bonds is 6. The Morgan fingerprint density at radius 2 is 0.915 bits per heavy atom. The Morgan fingerprint density at radius 3 is 1.59 bits per heavy atom. The molecule has 0 radical (unpaired) electrons. The van der Waals surface area contributed by atoms with E-state index in [1.54, 1.807) is 0 Å². The molecule has 0 saturated heterocycles. The molecule has 7 heteroatoms. The van der Waals surface area contributed by atoms with Gasteiger partial charge in [0.1, 0.15) is 0 Å². The number of benzene rings is 7. The summed E-state index contributed by atoms with van der Waals surface area (Å²) < 4.78 is 2.56. The van der Waals surface area contributed by atoms with E-state index in [0.717, 1.165) is 61.1 Å². The van der Waals surface area contributed by atoms with Crippen LogP contribution in [-0.2, 0) is 0 Å². The molecule has 1 aliphatic carbocycles. The van der Waals surface area contributed by atoms with Gasteiger partial charge >= 0.3 is 0 Å². The Kier molecular flexibility index (Phi) is 8.20. The molecule has 0 atom stereocenters. The molecule has 0 amide bonds. The Balaban J connectivity index is 0.981. The largest absolute Gasteiger partial charge is 0.298 e. The SMILES string of the molecule is N=C1C(=N)c2c(c(-c3ccccc3)nc3ccccc23)C=C1c1ccc(-c2nc(-c3ccccc3)nc(-c3ccc(-c4cccc5c4sc4ccccc45)cc3)n2)cc1. The molecule has 3 aromatic heterocycles. The minimum atomic E-state index is 0.168. The second kappa shape index (κ2) is 14.0. The fourth-order valence-corrected chi connectivity index (χ4v) is 9.32. The fourth-order valence-electron chi connectivity index (χ4n) is 8.08. The van der Waals surface area contributed by atoms with Crippen molar-refractivity contribution >= 4 is 65.5 Å². The van der Waals surface area contributed by atoms with Gasteiger partial charge < -0.3 is 0 Å². The molecule has 0 saturated carbocycles. The smallest absolute Gasteiger partial charge is 0.164 e. The lowest BCUT2D eigenvalue weighted by Gasteiger charge is -2.23. The number of nitrogens with zero attached hydrogens (tertiary/aromatic N) is 4. The predicted molar refractivity (Wildman–Crippen MR) is 244 cm³/mol.